The third-order valence-corrected chi connectivity index (χ3v) is 4.00. The zero-order valence-electron chi connectivity index (χ0n) is 12.2. The highest BCUT2D eigenvalue weighted by molar-refractivity contribution is 7.15. The molecule has 0 bridgehead atoms. The van der Waals surface area contributed by atoms with Crippen molar-refractivity contribution in [3.05, 3.63) is 5.01 Å². The van der Waals surface area contributed by atoms with Gasteiger partial charge in [0.2, 0.25) is 10.1 Å². The SMILES string of the molecule is CC(C)CC1COCCN1C(=O)Nc1nnc(C(F)(F)F)s1. The standard InChI is InChI=1S/C12H17F3N4O2S/c1-7(2)5-8-6-21-4-3-19(8)11(20)16-10-18-17-9(22-10)12(13,14)15/h7-8H,3-6H2,1-2H3,(H,16,18,20). The Hall–Kier alpha value is -1.42. The molecule has 22 heavy (non-hydrogen) atoms. The number of nitrogens with one attached hydrogen (secondary N) is 1. The third kappa shape index (κ3) is 4.29. The molecule has 1 unspecified atom stereocenters. The second-order valence-corrected chi connectivity index (χ2v) is 6.37. The number of alkyl halides is 3. The topological polar surface area (TPSA) is 67.3 Å². The van der Waals surface area contributed by atoms with E-state index in [-0.39, 0.29) is 11.2 Å². The molecule has 2 amide bonds. The maximum absolute atomic E-state index is 12.5. The van der Waals surface area contributed by atoms with E-state index in [1.165, 1.54) is 0 Å². The number of amides is 2. The number of anilines is 1. The molecule has 2 rings (SSSR count). The average molecular weight is 338 g/mol. The van der Waals surface area contributed by atoms with Crippen LogP contribution in [0, 0.1) is 5.92 Å². The van der Waals surface area contributed by atoms with Gasteiger partial charge in [0.15, 0.2) is 0 Å². The predicted octanol–water partition coefficient (Wildman–Crippen LogP) is 2.84. The first-order valence-electron chi connectivity index (χ1n) is 6.83. The molecule has 2 heterocycles. The highest BCUT2D eigenvalue weighted by atomic mass is 32.1. The number of urea groups is 1. The number of morpholine rings is 1. The number of hydrogen-bond donors (Lipinski definition) is 1. The third-order valence-electron chi connectivity index (χ3n) is 3.11. The fourth-order valence-electron chi connectivity index (χ4n) is 2.21. The molecule has 1 aromatic rings. The van der Waals surface area contributed by atoms with Gasteiger partial charge in [-0.3, -0.25) is 5.32 Å². The lowest BCUT2D eigenvalue weighted by Crippen LogP contribution is -2.50. The Morgan fingerprint density at radius 1 is 1.50 bits per heavy atom. The second kappa shape index (κ2) is 6.78. The van der Waals surface area contributed by atoms with Gasteiger partial charge in [0.05, 0.1) is 19.3 Å². The molecule has 1 saturated heterocycles. The van der Waals surface area contributed by atoms with E-state index in [0.29, 0.717) is 37.0 Å². The van der Waals surface area contributed by atoms with Crippen molar-refractivity contribution < 1.29 is 22.7 Å². The van der Waals surface area contributed by atoms with Crippen LogP contribution >= 0.6 is 11.3 Å². The lowest BCUT2D eigenvalue weighted by atomic mass is 10.0. The van der Waals surface area contributed by atoms with Gasteiger partial charge < -0.3 is 9.64 Å². The lowest BCUT2D eigenvalue weighted by molar-refractivity contribution is -0.138. The molecule has 0 spiro atoms. The van der Waals surface area contributed by atoms with Crippen molar-refractivity contribution in [1.29, 1.82) is 0 Å². The van der Waals surface area contributed by atoms with Crippen molar-refractivity contribution >= 4 is 22.5 Å². The van der Waals surface area contributed by atoms with Gasteiger partial charge in [-0.1, -0.05) is 25.2 Å². The molecule has 1 N–H and O–H groups in total. The number of aromatic nitrogens is 2. The van der Waals surface area contributed by atoms with Crippen molar-refractivity contribution in [2.24, 2.45) is 5.92 Å². The summed E-state index contributed by atoms with van der Waals surface area (Å²) in [7, 11) is 0. The first-order valence-corrected chi connectivity index (χ1v) is 7.65. The van der Waals surface area contributed by atoms with Crippen LogP contribution in [-0.2, 0) is 10.9 Å². The minimum absolute atomic E-state index is 0.0937. The Bertz CT molecular complexity index is 521. The number of carbonyl (C=O) groups is 1. The van der Waals surface area contributed by atoms with Crippen LogP contribution in [0.25, 0.3) is 0 Å². The summed E-state index contributed by atoms with van der Waals surface area (Å²) in [6.45, 7) is 5.30. The number of halogens is 3. The van der Waals surface area contributed by atoms with Gasteiger partial charge in [-0.05, 0) is 12.3 Å². The van der Waals surface area contributed by atoms with Gasteiger partial charge in [0.1, 0.15) is 0 Å². The first-order chi connectivity index (χ1) is 10.3. The van der Waals surface area contributed by atoms with Crippen molar-refractivity contribution in [2.75, 3.05) is 25.1 Å². The highest BCUT2D eigenvalue weighted by Gasteiger charge is 2.36. The zero-order valence-corrected chi connectivity index (χ0v) is 13.0. The van der Waals surface area contributed by atoms with Crippen LogP contribution in [0.3, 0.4) is 0 Å². The van der Waals surface area contributed by atoms with Crippen LogP contribution < -0.4 is 5.32 Å². The van der Waals surface area contributed by atoms with E-state index in [0.717, 1.165) is 6.42 Å². The molecule has 0 saturated carbocycles. The number of hydrogen-bond acceptors (Lipinski definition) is 5. The molecule has 1 aliphatic rings. The molecule has 0 radical (unpaired) electrons. The smallest absolute Gasteiger partial charge is 0.377 e. The lowest BCUT2D eigenvalue weighted by Gasteiger charge is -2.36. The van der Waals surface area contributed by atoms with E-state index in [9.17, 15) is 18.0 Å². The molecule has 1 atom stereocenters. The fourth-order valence-corrected chi connectivity index (χ4v) is 2.81. The average Bonchev–Trinajstić information content (AvgIpc) is 2.87. The summed E-state index contributed by atoms with van der Waals surface area (Å²) in [5.41, 5.74) is 0. The number of nitrogens with zero attached hydrogens (tertiary/aromatic N) is 3. The van der Waals surface area contributed by atoms with Gasteiger partial charge in [-0.15, -0.1) is 10.2 Å². The fraction of sp³-hybridized carbons (Fsp3) is 0.750. The van der Waals surface area contributed by atoms with E-state index in [1.807, 2.05) is 13.8 Å². The van der Waals surface area contributed by atoms with Gasteiger partial charge >= 0.3 is 12.2 Å². The maximum atomic E-state index is 12.5. The Labute approximate surface area is 129 Å². The van der Waals surface area contributed by atoms with Crippen LogP contribution in [0.5, 0.6) is 0 Å². The summed E-state index contributed by atoms with van der Waals surface area (Å²) in [5, 5.41) is 7.54. The molecular weight excluding hydrogens is 321 g/mol. The number of rotatable bonds is 3. The van der Waals surface area contributed by atoms with Gasteiger partial charge in [0.25, 0.3) is 0 Å². The Morgan fingerprint density at radius 3 is 2.82 bits per heavy atom. The van der Waals surface area contributed by atoms with E-state index in [4.69, 9.17) is 4.74 Å². The van der Waals surface area contributed by atoms with Crippen molar-refractivity contribution in [2.45, 2.75) is 32.5 Å². The molecule has 1 fully saturated rings. The van der Waals surface area contributed by atoms with E-state index in [1.54, 1.807) is 4.90 Å². The molecule has 124 valence electrons. The summed E-state index contributed by atoms with van der Waals surface area (Å²) in [4.78, 5) is 13.8. The molecule has 0 aliphatic carbocycles. The normalized spacial score (nSPS) is 19.5. The van der Waals surface area contributed by atoms with Crippen molar-refractivity contribution in [3.8, 4) is 0 Å². The van der Waals surface area contributed by atoms with Gasteiger partial charge in [-0.25, -0.2) is 4.79 Å². The quantitative estimate of drug-likeness (QED) is 0.920. The number of ether oxygens (including phenoxy) is 1. The predicted molar refractivity (Wildman–Crippen MR) is 74.7 cm³/mol. The minimum atomic E-state index is -4.56. The maximum Gasteiger partial charge on any atom is 0.445 e. The van der Waals surface area contributed by atoms with E-state index >= 15 is 0 Å². The monoisotopic (exact) mass is 338 g/mol. The molecule has 1 aliphatic heterocycles. The first kappa shape index (κ1) is 16.9. The van der Waals surface area contributed by atoms with Crippen LogP contribution in [-0.4, -0.2) is 46.9 Å². The Kier molecular flexibility index (Phi) is 5.22. The molecular formula is C12H17F3N4O2S. The number of carbonyl (C=O) groups excluding carboxylic acids is 1. The summed E-state index contributed by atoms with van der Waals surface area (Å²) >= 11 is 0.310. The molecule has 6 nitrogen and oxygen atoms in total. The summed E-state index contributed by atoms with van der Waals surface area (Å²) < 4.78 is 42.8. The van der Waals surface area contributed by atoms with Gasteiger partial charge in [0, 0.05) is 6.54 Å². The van der Waals surface area contributed by atoms with E-state index < -0.39 is 17.2 Å². The van der Waals surface area contributed by atoms with Crippen LogP contribution in [0.4, 0.5) is 23.1 Å². The van der Waals surface area contributed by atoms with Crippen molar-refractivity contribution in [3.63, 3.8) is 0 Å². The summed E-state index contributed by atoms with van der Waals surface area (Å²) in [5.74, 6) is 0.375. The van der Waals surface area contributed by atoms with Crippen LogP contribution in [0.2, 0.25) is 0 Å². The second-order valence-electron chi connectivity index (χ2n) is 5.39. The minimum Gasteiger partial charge on any atom is -0.377 e. The Balaban J connectivity index is 2.02. The summed E-state index contributed by atoms with van der Waals surface area (Å²) in [6, 6.07) is -0.567. The molecule has 1 aromatic heterocycles. The Morgan fingerprint density at radius 2 is 2.23 bits per heavy atom. The van der Waals surface area contributed by atoms with Gasteiger partial charge in [-0.2, -0.15) is 13.2 Å². The van der Waals surface area contributed by atoms with Crippen LogP contribution in [0.1, 0.15) is 25.3 Å². The molecule has 0 aromatic carbocycles. The molecule has 10 heteroatoms. The van der Waals surface area contributed by atoms with Crippen molar-refractivity contribution in [1.82, 2.24) is 15.1 Å². The van der Waals surface area contributed by atoms with E-state index in [2.05, 4.69) is 15.5 Å². The zero-order chi connectivity index (χ0) is 16.3. The highest BCUT2D eigenvalue weighted by Crippen LogP contribution is 2.33. The van der Waals surface area contributed by atoms with Crippen LogP contribution in [0.15, 0.2) is 0 Å². The summed E-state index contributed by atoms with van der Waals surface area (Å²) in [6.07, 6.45) is -3.79. The largest absolute Gasteiger partial charge is 0.445 e.